The average molecular weight is 309 g/mol. The van der Waals surface area contributed by atoms with Gasteiger partial charge < -0.3 is 9.84 Å². The van der Waals surface area contributed by atoms with Gasteiger partial charge in [0.15, 0.2) is 0 Å². The first-order valence-electron chi connectivity index (χ1n) is 7.96. The highest BCUT2D eigenvalue weighted by molar-refractivity contribution is 6.30. The SMILES string of the molecule is CC(C)(C)C1CCC2(CC1)C[C@@H](O)c1cc(Cl)ccc1O2. The minimum absolute atomic E-state index is 0.179. The molecule has 0 bridgehead atoms. The van der Waals surface area contributed by atoms with Crippen molar-refractivity contribution in [3.8, 4) is 5.75 Å². The summed E-state index contributed by atoms with van der Waals surface area (Å²) in [6.45, 7) is 6.97. The Balaban J connectivity index is 1.79. The first-order chi connectivity index (χ1) is 9.79. The number of halogens is 1. The quantitative estimate of drug-likeness (QED) is 0.720. The van der Waals surface area contributed by atoms with E-state index in [1.54, 1.807) is 0 Å². The van der Waals surface area contributed by atoms with Gasteiger partial charge in [0, 0.05) is 17.0 Å². The zero-order chi connectivity index (χ0) is 15.3. The molecule has 1 atom stereocenters. The molecule has 1 aliphatic heterocycles. The van der Waals surface area contributed by atoms with Crippen LogP contribution in [-0.2, 0) is 0 Å². The van der Waals surface area contributed by atoms with Crippen molar-refractivity contribution in [2.45, 2.75) is 64.6 Å². The highest BCUT2D eigenvalue weighted by atomic mass is 35.5. The molecule has 21 heavy (non-hydrogen) atoms. The Morgan fingerprint density at radius 2 is 1.90 bits per heavy atom. The normalized spacial score (nSPS) is 32.6. The van der Waals surface area contributed by atoms with Crippen LogP contribution in [-0.4, -0.2) is 10.7 Å². The van der Waals surface area contributed by atoms with E-state index in [9.17, 15) is 5.11 Å². The summed E-state index contributed by atoms with van der Waals surface area (Å²) < 4.78 is 6.33. The van der Waals surface area contributed by atoms with Crippen LogP contribution in [0.2, 0.25) is 5.02 Å². The zero-order valence-electron chi connectivity index (χ0n) is 13.2. The topological polar surface area (TPSA) is 29.5 Å². The van der Waals surface area contributed by atoms with E-state index in [0.717, 1.165) is 30.1 Å². The molecule has 0 unspecified atom stereocenters. The highest BCUT2D eigenvalue weighted by Gasteiger charge is 2.44. The van der Waals surface area contributed by atoms with Gasteiger partial charge >= 0.3 is 0 Å². The summed E-state index contributed by atoms with van der Waals surface area (Å²) in [6.07, 6.45) is 4.66. The van der Waals surface area contributed by atoms with Crippen LogP contribution in [0.15, 0.2) is 18.2 Å². The number of hydrogen-bond acceptors (Lipinski definition) is 2. The van der Waals surface area contributed by atoms with Crippen molar-refractivity contribution in [1.82, 2.24) is 0 Å². The largest absolute Gasteiger partial charge is 0.487 e. The number of aliphatic hydroxyl groups excluding tert-OH is 1. The number of ether oxygens (including phenoxy) is 1. The molecule has 1 aromatic rings. The second-order valence-corrected chi connectivity index (χ2v) is 8.26. The van der Waals surface area contributed by atoms with Gasteiger partial charge in [-0.1, -0.05) is 32.4 Å². The van der Waals surface area contributed by atoms with Gasteiger partial charge in [0.05, 0.1) is 6.10 Å². The van der Waals surface area contributed by atoms with Crippen molar-refractivity contribution in [2.75, 3.05) is 0 Å². The fraction of sp³-hybridized carbons (Fsp3) is 0.667. The minimum Gasteiger partial charge on any atom is -0.487 e. The van der Waals surface area contributed by atoms with Crippen LogP contribution in [0.5, 0.6) is 5.75 Å². The fourth-order valence-corrected chi connectivity index (χ4v) is 4.11. The smallest absolute Gasteiger partial charge is 0.126 e. The summed E-state index contributed by atoms with van der Waals surface area (Å²) >= 11 is 6.02. The molecular formula is C18H25ClO2. The minimum atomic E-state index is -0.460. The Morgan fingerprint density at radius 3 is 2.52 bits per heavy atom. The molecule has 0 amide bonds. The summed E-state index contributed by atoms with van der Waals surface area (Å²) in [5.41, 5.74) is 1.02. The Hall–Kier alpha value is -0.730. The zero-order valence-corrected chi connectivity index (χ0v) is 13.9. The Morgan fingerprint density at radius 1 is 1.24 bits per heavy atom. The van der Waals surface area contributed by atoms with Crippen molar-refractivity contribution >= 4 is 11.6 Å². The van der Waals surface area contributed by atoms with E-state index in [1.807, 2.05) is 18.2 Å². The third kappa shape index (κ3) is 2.93. The van der Waals surface area contributed by atoms with Crippen LogP contribution in [0.25, 0.3) is 0 Å². The summed E-state index contributed by atoms with van der Waals surface area (Å²) in [5, 5.41) is 11.1. The third-order valence-electron chi connectivity index (χ3n) is 5.34. The molecule has 0 saturated heterocycles. The molecule has 1 aromatic carbocycles. The predicted molar refractivity (Wildman–Crippen MR) is 85.8 cm³/mol. The number of rotatable bonds is 0. The van der Waals surface area contributed by atoms with Crippen LogP contribution < -0.4 is 4.74 Å². The molecular weight excluding hydrogens is 284 g/mol. The van der Waals surface area contributed by atoms with E-state index in [4.69, 9.17) is 16.3 Å². The highest BCUT2D eigenvalue weighted by Crippen LogP contribution is 2.50. The van der Waals surface area contributed by atoms with E-state index in [2.05, 4.69) is 20.8 Å². The van der Waals surface area contributed by atoms with Crippen LogP contribution >= 0.6 is 11.6 Å². The molecule has 116 valence electrons. The van der Waals surface area contributed by atoms with Crippen molar-refractivity contribution in [3.05, 3.63) is 28.8 Å². The second kappa shape index (κ2) is 5.17. The molecule has 0 radical (unpaired) electrons. The van der Waals surface area contributed by atoms with Crippen molar-refractivity contribution in [3.63, 3.8) is 0 Å². The number of aliphatic hydroxyl groups is 1. The lowest BCUT2D eigenvalue weighted by atomic mass is 9.66. The summed E-state index contributed by atoms with van der Waals surface area (Å²) in [7, 11) is 0. The lowest BCUT2D eigenvalue weighted by molar-refractivity contribution is -0.0563. The first kappa shape index (κ1) is 15.2. The molecule has 1 spiro atoms. The van der Waals surface area contributed by atoms with Gasteiger partial charge in [-0.05, 0) is 55.2 Å². The van der Waals surface area contributed by atoms with Crippen molar-refractivity contribution in [2.24, 2.45) is 11.3 Å². The van der Waals surface area contributed by atoms with Crippen LogP contribution in [0.4, 0.5) is 0 Å². The molecule has 1 saturated carbocycles. The predicted octanol–water partition coefficient (Wildman–Crippen LogP) is 5.13. The lowest BCUT2D eigenvalue weighted by Gasteiger charge is -2.47. The molecule has 0 aromatic heterocycles. The van der Waals surface area contributed by atoms with Crippen LogP contribution in [0.1, 0.15) is 64.5 Å². The maximum absolute atomic E-state index is 10.5. The summed E-state index contributed by atoms with van der Waals surface area (Å²) in [4.78, 5) is 0. The molecule has 2 nitrogen and oxygen atoms in total. The van der Waals surface area contributed by atoms with Gasteiger partial charge in [-0.25, -0.2) is 0 Å². The number of hydrogen-bond donors (Lipinski definition) is 1. The van der Waals surface area contributed by atoms with E-state index in [0.29, 0.717) is 16.9 Å². The maximum Gasteiger partial charge on any atom is 0.126 e. The molecule has 2 aliphatic rings. The summed E-state index contributed by atoms with van der Waals surface area (Å²) in [6, 6.07) is 5.57. The Bertz CT molecular complexity index is 525. The lowest BCUT2D eigenvalue weighted by Crippen LogP contribution is -2.45. The second-order valence-electron chi connectivity index (χ2n) is 7.83. The summed E-state index contributed by atoms with van der Waals surface area (Å²) in [5.74, 6) is 1.56. The van der Waals surface area contributed by atoms with Crippen LogP contribution in [0.3, 0.4) is 0 Å². The third-order valence-corrected chi connectivity index (χ3v) is 5.58. The van der Waals surface area contributed by atoms with Gasteiger partial charge in [-0.2, -0.15) is 0 Å². The van der Waals surface area contributed by atoms with E-state index >= 15 is 0 Å². The molecule has 3 heteroatoms. The van der Waals surface area contributed by atoms with Crippen molar-refractivity contribution in [1.29, 1.82) is 0 Å². The molecule has 3 rings (SSSR count). The van der Waals surface area contributed by atoms with Gasteiger partial charge in [0.1, 0.15) is 11.4 Å². The Kier molecular flexibility index (Phi) is 3.74. The van der Waals surface area contributed by atoms with Gasteiger partial charge in [0.2, 0.25) is 0 Å². The van der Waals surface area contributed by atoms with E-state index in [1.165, 1.54) is 12.8 Å². The van der Waals surface area contributed by atoms with Gasteiger partial charge in [-0.3, -0.25) is 0 Å². The van der Waals surface area contributed by atoms with Gasteiger partial charge in [-0.15, -0.1) is 0 Å². The first-order valence-corrected chi connectivity index (χ1v) is 8.33. The number of fused-ring (bicyclic) bond motifs is 1. The molecule has 1 N–H and O–H groups in total. The van der Waals surface area contributed by atoms with E-state index in [-0.39, 0.29) is 5.60 Å². The molecule has 1 fully saturated rings. The Labute approximate surface area is 132 Å². The average Bonchev–Trinajstić information content (AvgIpc) is 2.39. The van der Waals surface area contributed by atoms with Gasteiger partial charge in [0.25, 0.3) is 0 Å². The fourth-order valence-electron chi connectivity index (χ4n) is 3.93. The number of benzene rings is 1. The molecule has 1 heterocycles. The van der Waals surface area contributed by atoms with E-state index < -0.39 is 6.10 Å². The standard InChI is InChI=1S/C18H25ClO2/c1-17(2,3)12-6-8-18(9-7-12)11-15(20)14-10-13(19)4-5-16(14)21-18/h4-5,10,12,15,20H,6-9,11H2,1-3H3/t12?,15-,18?/m1/s1. The van der Waals surface area contributed by atoms with Crippen molar-refractivity contribution < 1.29 is 9.84 Å². The van der Waals surface area contributed by atoms with Crippen LogP contribution in [0, 0.1) is 11.3 Å². The maximum atomic E-state index is 10.5. The molecule has 1 aliphatic carbocycles. The monoisotopic (exact) mass is 308 g/mol.